The fourth-order valence-corrected chi connectivity index (χ4v) is 3.54. The van der Waals surface area contributed by atoms with Crippen molar-refractivity contribution in [2.45, 2.75) is 0 Å². The van der Waals surface area contributed by atoms with Crippen LogP contribution in [0.3, 0.4) is 0 Å². The summed E-state index contributed by atoms with van der Waals surface area (Å²) >= 11 is 1.32. The van der Waals surface area contributed by atoms with Gasteiger partial charge in [0.05, 0.1) is 0 Å². The van der Waals surface area contributed by atoms with E-state index >= 15 is 0 Å². The maximum atomic E-state index is 11.5. The first-order chi connectivity index (χ1) is 10.3. The minimum Gasteiger partial charge on any atom is -0.319 e. The minimum atomic E-state index is 0.0325. The Morgan fingerprint density at radius 2 is 1.57 bits per heavy atom. The third kappa shape index (κ3) is 2.10. The SMILES string of the molecule is O=C1NC(=C2C=Cc3ccccc3-c3ccccc32)CS1. The maximum absolute atomic E-state index is 11.5. The average Bonchev–Trinajstić information content (AvgIpc) is 2.87. The van der Waals surface area contributed by atoms with Gasteiger partial charge in [0, 0.05) is 17.0 Å². The third-order valence-corrected chi connectivity index (χ3v) is 4.62. The van der Waals surface area contributed by atoms with E-state index in [1.165, 1.54) is 34.0 Å². The van der Waals surface area contributed by atoms with Crippen LogP contribution in [0.4, 0.5) is 4.79 Å². The van der Waals surface area contributed by atoms with Crippen LogP contribution in [0.5, 0.6) is 0 Å². The van der Waals surface area contributed by atoms with Crippen LogP contribution in [-0.2, 0) is 0 Å². The molecule has 1 amide bonds. The van der Waals surface area contributed by atoms with E-state index in [1.807, 2.05) is 6.07 Å². The van der Waals surface area contributed by atoms with E-state index in [9.17, 15) is 4.79 Å². The number of thioether (sulfide) groups is 1. The normalized spacial score (nSPS) is 19.7. The largest absolute Gasteiger partial charge is 0.319 e. The molecule has 0 bridgehead atoms. The van der Waals surface area contributed by atoms with Crippen molar-refractivity contribution in [1.29, 1.82) is 0 Å². The van der Waals surface area contributed by atoms with E-state index in [-0.39, 0.29) is 5.24 Å². The van der Waals surface area contributed by atoms with Crippen molar-refractivity contribution >= 4 is 28.7 Å². The molecule has 4 rings (SSSR count). The molecule has 0 saturated carbocycles. The molecule has 0 spiro atoms. The monoisotopic (exact) mass is 291 g/mol. The van der Waals surface area contributed by atoms with Gasteiger partial charge in [0.15, 0.2) is 0 Å². The van der Waals surface area contributed by atoms with Gasteiger partial charge in [0.25, 0.3) is 5.24 Å². The Kier molecular flexibility index (Phi) is 2.93. The summed E-state index contributed by atoms with van der Waals surface area (Å²) in [5, 5.41) is 3.00. The summed E-state index contributed by atoms with van der Waals surface area (Å²) in [6.45, 7) is 0. The number of benzene rings is 2. The highest BCUT2D eigenvalue weighted by atomic mass is 32.2. The number of rotatable bonds is 0. The highest BCUT2D eigenvalue weighted by Crippen LogP contribution is 2.38. The quantitative estimate of drug-likeness (QED) is 0.771. The number of carbonyl (C=O) groups excluding carboxylic acids is 1. The van der Waals surface area contributed by atoms with Gasteiger partial charge >= 0.3 is 0 Å². The van der Waals surface area contributed by atoms with Crippen LogP contribution in [0.15, 0.2) is 60.3 Å². The first kappa shape index (κ1) is 12.5. The lowest BCUT2D eigenvalue weighted by Crippen LogP contribution is -2.11. The number of carbonyl (C=O) groups is 1. The zero-order chi connectivity index (χ0) is 14.2. The van der Waals surface area contributed by atoms with Crippen LogP contribution in [0.1, 0.15) is 11.1 Å². The van der Waals surface area contributed by atoms with E-state index in [0.29, 0.717) is 5.75 Å². The predicted octanol–water partition coefficient (Wildman–Crippen LogP) is 4.55. The lowest BCUT2D eigenvalue weighted by atomic mass is 9.94. The molecule has 0 aromatic heterocycles. The molecule has 102 valence electrons. The molecule has 1 fully saturated rings. The highest BCUT2D eigenvalue weighted by molar-refractivity contribution is 8.14. The number of allylic oxidation sites excluding steroid dienone is 2. The number of amides is 1. The van der Waals surface area contributed by atoms with Crippen molar-refractivity contribution in [2.75, 3.05) is 5.75 Å². The molecule has 2 aromatic carbocycles. The Morgan fingerprint density at radius 1 is 0.857 bits per heavy atom. The molecule has 1 aliphatic carbocycles. The van der Waals surface area contributed by atoms with Gasteiger partial charge in [-0.25, -0.2) is 0 Å². The summed E-state index contributed by atoms with van der Waals surface area (Å²) in [4.78, 5) is 11.5. The van der Waals surface area contributed by atoms with Crippen molar-refractivity contribution in [2.24, 2.45) is 0 Å². The molecule has 1 aliphatic heterocycles. The Balaban J connectivity index is 2.00. The summed E-state index contributed by atoms with van der Waals surface area (Å²) in [6.07, 6.45) is 4.25. The highest BCUT2D eigenvalue weighted by Gasteiger charge is 2.22. The van der Waals surface area contributed by atoms with E-state index in [2.05, 4.69) is 59.9 Å². The smallest absolute Gasteiger partial charge is 0.283 e. The molecule has 3 heteroatoms. The maximum Gasteiger partial charge on any atom is 0.283 e. The topological polar surface area (TPSA) is 29.1 Å². The van der Waals surface area contributed by atoms with Gasteiger partial charge in [-0.3, -0.25) is 4.79 Å². The van der Waals surface area contributed by atoms with Crippen molar-refractivity contribution < 1.29 is 4.79 Å². The zero-order valence-corrected chi connectivity index (χ0v) is 12.1. The average molecular weight is 291 g/mol. The van der Waals surface area contributed by atoms with E-state index in [1.54, 1.807) is 0 Å². The standard InChI is InChI=1S/C18H13NOS/c20-18-19-17(11-21-18)16-10-9-12-5-1-2-6-13(12)14-7-3-4-8-15(14)16/h1-10H,11H2,(H,19,20). The number of nitrogens with one attached hydrogen (secondary N) is 1. The second-order valence-electron chi connectivity index (χ2n) is 5.06. The summed E-state index contributed by atoms with van der Waals surface area (Å²) < 4.78 is 0. The van der Waals surface area contributed by atoms with Gasteiger partial charge in [0.1, 0.15) is 0 Å². The van der Waals surface area contributed by atoms with Crippen LogP contribution in [0.2, 0.25) is 0 Å². The molecule has 0 unspecified atom stereocenters. The fraction of sp³-hybridized carbons (Fsp3) is 0.0556. The van der Waals surface area contributed by atoms with Crippen molar-refractivity contribution in [1.82, 2.24) is 5.32 Å². The second-order valence-corrected chi connectivity index (χ2v) is 6.01. The van der Waals surface area contributed by atoms with Gasteiger partial charge in [-0.2, -0.15) is 0 Å². The molecule has 2 nitrogen and oxygen atoms in total. The first-order valence-electron chi connectivity index (χ1n) is 6.87. The van der Waals surface area contributed by atoms with Crippen LogP contribution in [0, 0.1) is 0 Å². The molecule has 2 aliphatic rings. The van der Waals surface area contributed by atoms with Gasteiger partial charge in [-0.05, 0) is 22.3 Å². The molecule has 1 N–H and O–H groups in total. The molecular formula is C18H13NOS. The third-order valence-electron chi connectivity index (χ3n) is 3.82. The number of hydrogen-bond acceptors (Lipinski definition) is 2. The molecule has 0 radical (unpaired) electrons. The summed E-state index contributed by atoms with van der Waals surface area (Å²) in [6, 6.07) is 16.8. The summed E-state index contributed by atoms with van der Waals surface area (Å²) in [5.41, 5.74) is 6.94. The van der Waals surface area contributed by atoms with Crippen molar-refractivity contribution in [3.05, 3.63) is 71.4 Å². The van der Waals surface area contributed by atoms with Gasteiger partial charge < -0.3 is 5.32 Å². The van der Waals surface area contributed by atoms with Gasteiger partial charge in [-0.1, -0.05) is 72.4 Å². The number of hydrogen-bond donors (Lipinski definition) is 1. The minimum absolute atomic E-state index is 0.0325. The molecular weight excluding hydrogens is 278 g/mol. The predicted molar refractivity (Wildman–Crippen MR) is 88.8 cm³/mol. The van der Waals surface area contributed by atoms with Gasteiger partial charge in [-0.15, -0.1) is 0 Å². The van der Waals surface area contributed by atoms with Crippen LogP contribution in [0.25, 0.3) is 22.8 Å². The summed E-state index contributed by atoms with van der Waals surface area (Å²) in [7, 11) is 0. The van der Waals surface area contributed by atoms with Crippen LogP contribution in [-0.4, -0.2) is 11.0 Å². The molecule has 2 aromatic rings. The van der Waals surface area contributed by atoms with Crippen LogP contribution < -0.4 is 5.32 Å². The second kappa shape index (κ2) is 4.93. The lowest BCUT2D eigenvalue weighted by Gasteiger charge is -2.11. The van der Waals surface area contributed by atoms with Crippen LogP contribution >= 0.6 is 11.8 Å². The lowest BCUT2D eigenvalue weighted by molar-refractivity contribution is 0.263. The Morgan fingerprint density at radius 3 is 2.33 bits per heavy atom. The van der Waals surface area contributed by atoms with Crippen molar-refractivity contribution in [3.8, 4) is 11.1 Å². The molecule has 0 atom stereocenters. The molecule has 1 heterocycles. The Hall–Kier alpha value is -2.26. The van der Waals surface area contributed by atoms with E-state index in [0.717, 1.165) is 11.3 Å². The number of fused-ring (bicyclic) bond motifs is 3. The zero-order valence-electron chi connectivity index (χ0n) is 11.3. The van der Waals surface area contributed by atoms with E-state index < -0.39 is 0 Å². The fourth-order valence-electron chi connectivity index (χ4n) is 2.84. The molecule has 21 heavy (non-hydrogen) atoms. The Labute approximate surface area is 127 Å². The van der Waals surface area contributed by atoms with Gasteiger partial charge in [0.2, 0.25) is 0 Å². The summed E-state index contributed by atoms with van der Waals surface area (Å²) in [5.74, 6) is 0.711. The van der Waals surface area contributed by atoms with Crippen molar-refractivity contribution in [3.63, 3.8) is 0 Å². The Bertz CT molecular complexity index is 804. The first-order valence-corrected chi connectivity index (χ1v) is 7.85. The van der Waals surface area contributed by atoms with E-state index in [4.69, 9.17) is 0 Å². The molecule has 1 saturated heterocycles.